The molecule has 3 heterocycles. The fourth-order valence-electron chi connectivity index (χ4n) is 8.66. The zero-order valence-electron chi connectivity index (χ0n) is 36.1. The molecule has 332 valence electrons. The van der Waals surface area contributed by atoms with Crippen molar-refractivity contribution in [1.29, 1.82) is 0 Å². The molecule has 4 amide bonds. The van der Waals surface area contributed by atoms with Gasteiger partial charge in [0.05, 0.1) is 48.6 Å². The number of benzene rings is 2. The zero-order chi connectivity index (χ0) is 44.6. The maximum atomic E-state index is 15.1. The number of hydrogen-bond donors (Lipinski definition) is 2. The van der Waals surface area contributed by atoms with Crippen LogP contribution >= 0.6 is 0 Å². The van der Waals surface area contributed by atoms with Gasteiger partial charge in [0.1, 0.15) is 29.2 Å². The van der Waals surface area contributed by atoms with E-state index in [2.05, 4.69) is 16.6 Å². The van der Waals surface area contributed by atoms with Crippen LogP contribution in [0.1, 0.15) is 72.6 Å². The number of esters is 1. The van der Waals surface area contributed by atoms with Crippen LogP contribution in [0.4, 0.5) is 0 Å². The fourth-order valence-corrected chi connectivity index (χ4v) is 10.0. The highest BCUT2D eigenvalue weighted by atomic mass is 32.2. The van der Waals surface area contributed by atoms with Gasteiger partial charge < -0.3 is 29.3 Å². The van der Waals surface area contributed by atoms with Crippen molar-refractivity contribution in [3.8, 4) is 22.8 Å². The van der Waals surface area contributed by atoms with Crippen LogP contribution in [0.2, 0.25) is 0 Å². The summed E-state index contributed by atoms with van der Waals surface area (Å²) >= 11 is 0. The molecule has 2 aliphatic carbocycles. The Morgan fingerprint density at radius 3 is 2.42 bits per heavy atom. The maximum Gasteiger partial charge on any atom is 0.310 e. The summed E-state index contributed by atoms with van der Waals surface area (Å²) in [4.78, 5) is 78.0. The monoisotopic (exact) mass is 871 g/mol. The van der Waals surface area contributed by atoms with E-state index in [-0.39, 0.29) is 50.8 Å². The number of piperidine rings is 1. The van der Waals surface area contributed by atoms with Gasteiger partial charge in [0.15, 0.2) is 0 Å². The largest absolute Gasteiger partial charge is 0.497 e. The first-order valence-electron chi connectivity index (χ1n) is 21.4. The number of ether oxygens (including phenoxy) is 3. The SMILES string of the molecule is C=CC1CC1(NC(=O)[C@@H]1C[C@@H](Oc2cc(-c3ccccc3)nc3cc(OC)ccc23)CN1C(=O)[C@@H](CC(=O)N1CCCC(C(=O)OCC)C1)C(C)(C)C)C(=O)NS(=O)(=O)C1CC1. The van der Waals surface area contributed by atoms with Gasteiger partial charge in [0.2, 0.25) is 27.7 Å². The van der Waals surface area contributed by atoms with Crippen LogP contribution < -0.4 is 19.5 Å². The molecule has 0 spiro atoms. The predicted octanol–water partition coefficient (Wildman–Crippen LogP) is 4.78. The van der Waals surface area contributed by atoms with Crippen LogP contribution in [0.15, 0.2) is 67.3 Å². The molecule has 3 unspecified atom stereocenters. The van der Waals surface area contributed by atoms with Gasteiger partial charge in [-0.2, -0.15) is 0 Å². The van der Waals surface area contributed by atoms with Crippen molar-refractivity contribution in [1.82, 2.24) is 24.8 Å². The average molecular weight is 872 g/mol. The molecular formula is C46H57N5O10S. The number of methoxy groups -OCH3 is 1. The number of aromatic nitrogens is 1. The number of hydrogen-bond acceptors (Lipinski definition) is 11. The van der Waals surface area contributed by atoms with E-state index in [1.807, 2.05) is 63.2 Å². The Bertz CT molecular complexity index is 2350. The number of fused-ring (bicyclic) bond motifs is 1. The Hall–Kier alpha value is -5.51. The van der Waals surface area contributed by atoms with Gasteiger partial charge in [-0.05, 0) is 56.6 Å². The third-order valence-electron chi connectivity index (χ3n) is 12.6. The third kappa shape index (κ3) is 9.44. The van der Waals surface area contributed by atoms with E-state index < -0.39 is 73.8 Å². The number of carbonyl (C=O) groups is 5. The summed E-state index contributed by atoms with van der Waals surface area (Å²) in [5.41, 5.74) is -0.252. The first kappa shape index (κ1) is 44.5. The van der Waals surface area contributed by atoms with Crippen LogP contribution in [0.3, 0.4) is 0 Å². The molecule has 1 aromatic heterocycles. The normalized spacial score (nSPS) is 24.1. The summed E-state index contributed by atoms with van der Waals surface area (Å²) < 4.78 is 45.4. The quantitative estimate of drug-likeness (QED) is 0.158. The summed E-state index contributed by atoms with van der Waals surface area (Å²) in [7, 11) is -2.37. The first-order chi connectivity index (χ1) is 29.5. The van der Waals surface area contributed by atoms with E-state index in [1.54, 1.807) is 31.1 Å². The van der Waals surface area contributed by atoms with Gasteiger partial charge in [-0.15, -0.1) is 6.58 Å². The second-order valence-corrected chi connectivity index (χ2v) is 19.9. The van der Waals surface area contributed by atoms with Crippen molar-refractivity contribution in [2.75, 3.05) is 33.4 Å². The number of carbonyl (C=O) groups excluding carboxylic acids is 5. The first-order valence-corrected chi connectivity index (χ1v) is 23.0. The minimum absolute atomic E-state index is 0.0210. The Balaban J connectivity index is 1.20. The van der Waals surface area contributed by atoms with Crippen LogP contribution in [0.25, 0.3) is 22.2 Å². The number of pyridine rings is 1. The Morgan fingerprint density at radius 1 is 1.03 bits per heavy atom. The van der Waals surface area contributed by atoms with E-state index >= 15 is 4.79 Å². The molecule has 2 N–H and O–H groups in total. The number of nitrogens with one attached hydrogen (secondary N) is 2. The standard InChI is InChI=1S/C46H57N5O10S/c1-7-30-25-46(30,44(56)49-62(57,58)33-17-18-33)48-41(53)38-22-32(61-39-24-36(28-13-10-9-11-14-28)47-37-21-31(59-6)16-19-34(37)39)27-51(38)42(54)35(45(3,4)5)23-40(52)50-20-12-15-29(26-50)43(55)60-8-2/h7,9-11,13-14,16,19,21,24,29-30,32-33,35,38H,1,8,12,15,17-18,20,22-23,25-27H2,2-6H3,(H,48,53)(H,49,56)/t29?,30?,32-,35-,38+,46?/m1/s1. The highest BCUT2D eigenvalue weighted by molar-refractivity contribution is 7.91. The summed E-state index contributed by atoms with van der Waals surface area (Å²) in [6.45, 7) is 12.0. The number of nitrogens with zero attached hydrogens (tertiary/aromatic N) is 3. The molecule has 7 rings (SSSR count). The summed E-state index contributed by atoms with van der Waals surface area (Å²) in [5, 5.41) is 2.87. The number of sulfonamides is 1. The van der Waals surface area contributed by atoms with Crippen molar-refractivity contribution in [3.63, 3.8) is 0 Å². The van der Waals surface area contributed by atoms with Crippen molar-refractivity contribution in [2.45, 2.75) is 95.6 Å². The molecule has 2 aliphatic heterocycles. The number of likely N-dealkylation sites (tertiary alicyclic amines) is 2. The van der Waals surface area contributed by atoms with Crippen LogP contribution in [-0.2, 0) is 38.7 Å². The van der Waals surface area contributed by atoms with Crippen LogP contribution in [0, 0.1) is 23.2 Å². The lowest BCUT2D eigenvalue weighted by atomic mass is 9.77. The molecule has 0 bridgehead atoms. The molecule has 15 nitrogen and oxygen atoms in total. The summed E-state index contributed by atoms with van der Waals surface area (Å²) in [6.07, 6.45) is 2.86. The Labute approximate surface area is 363 Å². The molecule has 62 heavy (non-hydrogen) atoms. The average Bonchev–Trinajstić information content (AvgIpc) is 4.19. The van der Waals surface area contributed by atoms with E-state index in [0.29, 0.717) is 60.3 Å². The van der Waals surface area contributed by atoms with Crippen molar-refractivity contribution >= 4 is 50.5 Å². The van der Waals surface area contributed by atoms with E-state index in [4.69, 9.17) is 19.2 Å². The summed E-state index contributed by atoms with van der Waals surface area (Å²) in [5.74, 6) is -3.43. The molecule has 4 aliphatic rings. The molecule has 6 atom stereocenters. The molecule has 16 heteroatoms. The van der Waals surface area contributed by atoms with Gasteiger partial charge >= 0.3 is 5.97 Å². The Kier molecular flexibility index (Phi) is 12.7. The predicted molar refractivity (Wildman–Crippen MR) is 231 cm³/mol. The third-order valence-corrected chi connectivity index (χ3v) is 14.4. The van der Waals surface area contributed by atoms with E-state index in [0.717, 1.165) is 5.56 Å². The topological polar surface area (TPSA) is 191 Å². The van der Waals surface area contributed by atoms with E-state index in [1.165, 1.54) is 11.0 Å². The molecule has 0 radical (unpaired) electrons. The second kappa shape index (κ2) is 17.7. The molecule has 4 fully saturated rings. The number of rotatable bonds is 15. The highest BCUT2D eigenvalue weighted by Crippen LogP contribution is 2.46. The second-order valence-electron chi connectivity index (χ2n) is 18.0. The minimum Gasteiger partial charge on any atom is -0.497 e. The molecule has 2 saturated carbocycles. The molecular weight excluding hydrogens is 815 g/mol. The lowest BCUT2D eigenvalue weighted by Gasteiger charge is -2.37. The maximum absolute atomic E-state index is 15.1. The molecule has 3 aromatic rings. The van der Waals surface area contributed by atoms with Gasteiger partial charge in [-0.1, -0.05) is 57.2 Å². The fraction of sp³-hybridized carbons (Fsp3) is 0.522. The minimum atomic E-state index is -3.93. The van der Waals surface area contributed by atoms with Crippen molar-refractivity contribution in [3.05, 3.63) is 67.3 Å². The Morgan fingerprint density at radius 2 is 1.77 bits per heavy atom. The lowest BCUT2D eigenvalue weighted by molar-refractivity contribution is -0.153. The molecule has 2 aromatic carbocycles. The van der Waals surface area contributed by atoms with Gasteiger partial charge in [0.25, 0.3) is 5.91 Å². The lowest BCUT2D eigenvalue weighted by Crippen LogP contribution is -2.57. The highest BCUT2D eigenvalue weighted by Gasteiger charge is 2.62. The van der Waals surface area contributed by atoms with E-state index in [9.17, 15) is 27.6 Å². The zero-order valence-corrected chi connectivity index (χ0v) is 36.9. The summed E-state index contributed by atoms with van der Waals surface area (Å²) in [6, 6.07) is 15.7. The smallest absolute Gasteiger partial charge is 0.310 e. The van der Waals surface area contributed by atoms with Crippen LogP contribution in [-0.4, -0.2) is 109 Å². The van der Waals surface area contributed by atoms with Crippen LogP contribution in [0.5, 0.6) is 11.5 Å². The van der Waals surface area contributed by atoms with Crippen molar-refractivity contribution in [2.24, 2.45) is 23.2 Å². The number of amides is 4. The van der Waals surface area contributed by atoms with Gasteiger partial charge in [-0.3, -0.25) is 28.7 Å². The van der Waals surface area contributed by atoms with Gasteiger partial charge in [0, 0.05) is 54.9 Å². The molecule has 2 saturated heterocycles. The van der Waals surface area contributed by atoms with Crippen molar-refractivity contribution < 1.29 is 46.6 Å². The van der Waals surface area contributed by atoms with Gasteiger partial charge in [-0.25, -0.2) is 13.4 Å².